The zero-order valence-corrected chi connectivity index (χ0v) is 30.6. The van der Waals surface area contributed by atoms with Crippen molar-refractivity contribution in [1.29, 1.82) is 0 Å². The first kappa shape index (κ1) is 44.8. The zero-order chi connectivity index (χ0) is 35.0. The molecule has 276 valence electrons. The predicted molar refractivity (Wildman–Crippen MR) is 186 cm³/mol. The smallest absolute Gasteiger partial charge is 0.323 e. The SMILES string of the molecule is CCCCCCCCCCCCCC(=O)OCC(COC(=O)C(C)(C)C(=O)OCCO)OC(=O)CCCCCCCCCCCCC. The Labute approximate surface area is 286 Å². The second-order valence-electron chi connectivity index (χ2n) is 13.4. The maximum absolute atomic E-state index is 12.7. The summed E-state index contributed by atoms with van der Waals surface area (Å²) in [7, 11) is 0. The van der Waals surface area contributed by atoms with E-state index in [4.69, 9.17) is 24.1 Å². The number of carbonyl (C=O) groups is 4. The first-order valence-corrected chi connectivity index (χ1v) is 19.0. The molecule has 47 heavy (non-hydrogen) atoms. The third-order valence-corrected chi connectivity index (χ3v) is 8.44. The van der Waals surface area contributed by atoms with Gasteiger partial charge in [-0.25, -0.2) is 0 Å². The normalized spacial score (nSPS) is 12.0. The van der Waals surface area contributed by atoms with E-state index < -0.39 is 29.4 Å². The third kappa shape index (κ3) is 26.5. The van der Waals surface area contributed by atoms with Gasteiger partial charge in [-0.1, -0.05) is 142 Å². The van der Waals surface area contributed by atoms with Gasteiger partial charge in [-0.2, -0.15) is 0 Å². The molecule has 0 aliphatic rings. The van der Waals surface area contributed by atoms with E-state index in [-0.39, 0.29) is 45.2 Å². The topological polar surface area (TPSA) is 125 Å². The van der Waals surface area contributed by atoms with E-state index in [1.54, 1.807) is 0 Å². The molecular weight excluding hydrogens is 600 g/mol. The average molecular weight is 671 g/mol. The number of hydrogen-bond donors (Lipinski definition) is 1. The molecule has 0 aromatic rings. The van der Waals surface area contributed by atoms with Crippen LogP contribution in [0.25, 0.3) is 0 Å². The molecule has 1 N–H and O–H groups in total. The number of esters is 4. The molecule has 9 heteroatoms. The average Bonchev–Trinajstić information content (AvgIpc) is 3.05. The highest BCUT2D eigenvalue weighted by molar-refractivity contribution is 5.99. The summed E-state index contributed by atoms with van der Waals surface area (Å²) in [4.78, 5) is 49.9. The van der Waals surface area contributed by atoms with Gasteiger partial charge in [-0.15, -0.1) is 0 Å². The summed E-state index contributed by atoms with van der Waals surface area (Å²) in [6.07, 6.45) is 25.4. The van der Waals surface area contributed by atoms with Crippen LogP contribution in [0.4, 0.5) is 0 Å². The minimum Gasteiger partial charge on any atom is -0.462 e. The van der Waals surface area contributed by atoms with Gasteiger partial charge in [-0.05, 0) is 26.7 Å². The lowest BCUT2D eigenvalue weighted by atomic mass is 9.94. The lowest BCUT2D eigenvalue weighted by Crippen LogP contribution is -2.39. The van der Waals surface area contributed by atoms with E-state index in [1.165, 1.54) is 110 Å². The van der Waals surface area contributed by atoms with E-state index in [2.05, 4.69) is 13.8 Å². The van der Waals surface area contributed by atoms with Crippen LogP contribution in [-0.2, 0) is 38.1 Å². The van der Waals surface area contributed by atoms with Crippen LogP contribution < -0.4 is 0 Å². The molecule has 1 unspecified atom stereocenters. The van der Waals surface area contributed by atoms with E-state index in [0.29, 0.717) is 6.42 Å². The van der Waals surface area contributed by atoms with Gasteiger partial charge in [0.15, 0.2) is 11.5 Å². The van der Waals surface area contributed by atoms with Crippen molar-refractivity contribution in [2.75, 3.05) is 26.4 Å². The minimum atomic E-state index is -1.62. The predicted octanol–water partition coefficient (Wildman–Crippen LogP) is 8.95. The number of carbonyl (C=O) groups excluding carboxylic acids is 4. The fourth-order valence-corrected chi connectivity index (χ4v) is 5.24. The molecule has 0 saturated heterocycles. The Morgan fingerprint density at radius 1 is 0.511 bits per heavy atom. The molecule has 0 heterocycles. The first-order chi connectivity index (χ1) is 22.7. The summed E-state index contributed by atoms with van der Waals surface area (Å²) >= 11 is 0. The Hall–Kier alpha value is -2.16. The summed E-state index contributed by atoms with van der Waals surface area (Å²) in [6, 6.07) is 0. The molecule has 0 rings (SSSR count). The summed E-state index contributed by atoms with van der Waals surface area (Å²) in [5.41, 5.74) is -1.62. The van der Waals surface area contributed by atoms with Crippen LogP contribution in [0.5, 0.6) is 0 Å². The van der Waals surface area contributed by atoms with Crippen LogP contribution in [0.3, 0.4) is 0 Å². The standard InChI is InChI=1S/C38H70O9/c1-5-7-9-11-13-15-17-19-21-23-25-27-34(40)45-31-33(32-46-37(43)38(3,4)36(42)44-30-29-39)47-35(41)28-26-24-22-20-18-16-14-12-10-8-6-2/h33,39H,5-32H2,1-4H3. The van der Waals surface area contributed by atoms with Crippen molar-refractivity contribution in [3.8, 4) is 0 Å². The van der Waals surface area contributed by atoms with Crippen LogP contribution in [0.2, 0.25) is 0 Å². The molecule has 0 fully saturated rings. The van der Waals surface area contributed by atoms with Gasteiger partial charge in [-0.3, -0.25) is 19.2 Å². The number of unbranched alkanes of at least 4 members (excludes halogenated alkanes) is 20. The Morgan fingerprint density at radius 2 is 0.872 bits per heavy atom. The third-order valence-electron chi connectivity index (χ3n) is 8.44. The number of ether oxygens (including phenoxy) is 4. The van der Waals surface area contributed by atoms with E-state index >= 15 is 0 Å². The van der Waals surface area contributed by atoms with Crippen LogP contribution in [0.1, 0.15) is 182 Å². The Kier molecular flexibility index (Phi) is 29.7. The van der Waals surface area contributed by atoms with Gasteiger partial charge < -0.3 is 24.1 Å². The highest BCUT2D eigenvalue weighted by Crippen LogP contribution is 2.20. The van der Waals surface area contributed by atoms with E-state index in [1.807, 2.05) is 0 Å². The summed E-state index contributed by atoms with van der Waals surface area (Å²) in [5.74, 6) is -2.52. The molecule has 1 atom stereocenters. The molecule has 0 amide bonds. The first-order valence-electron chi connectivity index (χ1n) is 19.0. The van der Waals surface area contributed by atoms with Gasteiger partial charge in [0.2, 0.25) is 0 Å². The highest BCUT2D eigenvalue weighted by Gasteiger charge is 2.40. The Bertz CT molecular complexity index is 796. The molecule has 0 radical (unpaired) electrons. The van der Waals surface area contributed by atoms with Crippen molar-refractivity contribution in [3.63, 3.8) is 0 Å². The minimum absolute atomic E-state index is 0.229. The molecule has 9 nitrogen and oxygen atoms in total. The summed E-state index contributed by atoms with van der Waals surface area (Å²) < 4.78 is 21.1. The second kappa shape index (κ2) is 31.1. The Balaban J connectivity index is 4.56. The molecule has 0 aliphatic heterocycles. The number of rotatable bonds is 33. The van der Waals surface area contributed by atoms with Crippen molar-refractivity contribution >= 4 is 23.9 Å². The summed E-state index contributed by atoms with van der Waals surface area (Å²) in [6.45, 7) is 5.99. The lowest BCUT2D eigenvalue weighted by molar-refractivity contribution is -0.177. The van der Waals surface area contributed by atoms with Crippen LogP contribution in [0.15, 0.2) is 0 Å². The van der Waals surface area contributed by atoms with Crippen molar-refractivity contribution < 1.29 is 43.2 Å². The molecule has 0 spiro atoms. The van der Waals surface area contributed by atoms with Crippen molar-refractivity contribution in [3.05, 3.63) is 0 Å². The second-order valence-corrected chi connectivity index (χ2v) is 13.4. The molecular formula is C38H70O9. The Morgan fingerprint density at radius 3 is 1.30 bits per heavy atom. The maximum Gasteiger partial charge on any atom is 0.323 e. The van der Waals surface area contributed by atoms with Crippen LogP contribution in [0, 0.1) is 5.41 Å². The van der Waals surface area contributed by atoms with Gasteiger partial charge in [0, 0.05) is 12.8 Å². The van der Waals surface area contributed by atoms with E-state index in [0.717, 1.165) is 38.5 Å². The van der Waals surface area contributed by atoms with Crippen LogP contribution in [-0.4, -0.2) is 61.5 Å². The fourth-order valence-electron chi connectivity index (χ4n) is 5.24. The molecule has 0 aromatic heterocycles. The fraction of sp³-hybridized carbons (Fsp3) is 0.895. The molecule has 0 bridgehead atoms. The molecule has 0 aliphatic carbocycles. The number of aliphatic hydroxyl groups is 1. The monoisotopic (exact) mass is 671 g/mol. The van der Waals surface area contributed by atoms with Crippen molar-refractivity contribution in [1.82, 2.24) is 0 Å². The van der Waals surface area contributed by atoms with Gasteiger partial charge in [0.05, 0.1) is 6.61 Å². The lowest BCUT2D eigenvalue weighted by Gasteiger charge is -2.23. The van der Waals surface area contributed by atoms with Crippen molar-refractivity contribution in [2.24, 2.45) is 5.41 Å². The molecule has 0 saturated carbocycles. The van der Waals surface area contributed by atoms with Crippen molar-refractivity contribution in [2.45, 2.75) is 188 Å². The number of aliphatic hydroxyl groups excluding tert-OH is 1. The van der Waals surface area contributed by atoms with Crippen LogP contribution >= 0.6 is 0 Å². The van der Waals surface area contributed by atoms with Gasteiger partial charge in [0.25, 0.3) is 0 Å². The molecule has 0 aromatic carbocycles. The van der Waals surface area contributed by atoms with E-state index in [9.17, 15) is 19.2 Å². The number of hydrogen-bond acceptors (Lipinski definition) is 9. The zero-order valence-electron chi connectivity index (χ0n) is 30.6. The highest BCUT2D eigenvalue weighted by atomic mass is 16.6. The maximum atomic E-state index is 12.7. The van der Waals surface area contributed by atoms with Gasteiger partial charge in [0.1, 0.15) is 19.8 Å². The van der Waals surface area contributed by atoms with Gasteiger partial charge >= 0.3 is 23.9 Å². The quantitative estimate of drug-likeness (QED) is 0.0315. The largest absolute Gasteiger partial charge is 0.462 e. The summed E-state index contributed by atoms with van der Waals surface area (Å²) in [5, 5.41) is 8.90.